The van der Waals surface area contributed by atoms with E-state index in [0.29, 0.717) is 5.71 Å². The number of benzene rings is 7. The molecular weight excluding hydrogens is 609 g/mol. The lowest BCUT2D eigenvalue weighted by Gasteiger charge is -2.39. The first-order chi connectivity index (χ1) is 24.6. The Morgan fingerprint density at radius 2 is 1.08 bits per heavy atom. The van der Waals surface area contributed by atoms with Crippen molar-refractivity contribution < 1.29 is 4.74 Å². The minimum absolute atomic E-state index is 0.352. The molecule has 0 bridgehead atoms. The summed E-state index contributed by atoms with van der Waals surface area (Å²) in [7, 11) is 0. The summed E-state index contributed by atoms with van der Waals surface area (Å²) in [4.78, 5) is 0. The molecule has 0 aromatic heterocycles. The number of allylic oxidation sites excluding steroid dienone is 1. The monoisotopic (exact) mass is 642 g/mol. The fraction of sp³-hybridized carbons (Fsp3) is 0.0426. The van der Waals surface area contributed by atoms with Gasteiger partial charge in [-0.2, -0.15) is 0 Å². The number of nitrogens with two attached hydrogens (primary N) is 1. The summed E-state index contributed by atoms with van der Waals surface area (Å²) in [5.74, 6) is 1.76. The Hall–Kier alpha value is -6.29. The van der Waals surface area contributed by atoms with Crippen molar-refractivity contribution in [3.63, 3.8) is 0 Å². The first kappa shape index (κ1) is 29.8. The molecule has 3 heteroatoms. The summed E-state index contributed by atoms with van der Waals surface area (Å²) >= 11 is 0. The molecule has 0 radical (unpaired) electrons. The number of para-hydroxylation sites is 1. The van der Waals surface area contributed by atoms with E-state index in [1.807, 2.05) is 36.4 Å². The molecule has 0 fully saturated rings. The Morgan fingerprint density at radius 1 is 0.520 bits per heavy atom. The third kappa shape index (κ3) is 4.67. The molecule has 1 aliphatic carbocycles. The quantitative estimate of drug-likeness (QED) is 0.177. The molecule has 50 heavy (non-hydrogen) atoms. The number of fused-ring (bicyclic) bond motifs is 9. The van der Waals surface area contributed by atoms with Gasteiger partial charge in [0.2, 0.25) is 0 Å². The van der Waals surface area contributed by atoms with E-state index in [2.05, 4.69) is 140 Å². The van der Waals surface area contributed by atoms with Gasteiger partial charge in [0.25, 0.3) is 0 Å². The van der Waals surface area contributed by atoms with E-state index in [-0.39, 0.29) is 6.04 Å². The molecule has 1 aliphatic heterocycles. The molecule has 1 atom stereocenters. The Kier molecular flexibility index (Phi) is 7.15. The van der Waals surface area contributed by atoms with Gasteiger partial charge < -0.3 is 15.9 Å². The molecule has 2 aliphatic rings. The number of hydrogen-bond donors (Lipinski definition) is 2. The average molecular weight is 643 g/mol. The van der Waals surface area contributed by atoms with E-state index in [4.69, 9.17) is 15.9 Å². The maximum Gasteiger partial charge on any atom is 0.132 e. The highest BCUT2D eigenvalue weighted by atomic mass is 16.5. The van der Waals surface area contributed by atoms with Crippen LogP contribution in [0.25, 0.3) is 33.4 Å². The molecule has 0 saturated carbocycles. The summed E-state index contributed by atoms with van der Waals surface area (Å²) in [6.07, 6.45) is 3.70. The van der Waals surface area contributed by atoms with Gasteiger partial charge in [-0.15, -0.1) is 0 Å². The Bertz CT molecular complexity index is 2410. The zero-order valence-corrected chi connectivity index (χ0v) is 27.4. The van der Waals surface area contributed by atoms with Crippen molar-refractivity contribution in [2.24, 2.45) is 5.73 Å². The molecule has 1 spiro atoms. The number of hydrogen-bond acceptors (Lipinski definition) is 3. The predicted octanol–water partition coefficient (Wildman–Crippen LogP) is 11.1. The fourth-order valence-electron chi connectivity index (χ4n) is 7.95. The second-order valence-electron chi connectivity index (χ2n) is 13.0. The molecule has 1 unspecified atom stereocenters. The highest BCUT2D eigenvalue weighted by Crippen LogP contribution is 2.62. The molecule has 0 amide bonds. The van der Waals surface area contributed by atoms with Gasteiger partial charge in [-0.25, -0.2) is 0 Å². The van der Waals surface area contributed by atoms with Gasteiger partial charge in [0.05, 0.1) is 11.1 Å². The van der Waals surface area contributed by atoms with Gasteiger partial charge in [-0.3, -0.25) is 0 Å². The van der Waals surface area contributed by atoms with E-state index in [1.165, 1.54) is 22.3 Å². The van der Waals surface area contributed by atoms with Gasteiger partial charge in [-0.1, -0.05) is 152 Å². The zero-order valence-electron chi connectivity index (χ0n) is 27.4. The van der Waals surface area contributed by atoms with Gasteiger partial charge in [0, 0.05) is 17.2 Å². The normalized spacial score (nSPS) is 13.9. The molecule has 7 aromatic rings. The molecule has 0 saturated heterocycles. The van der Waals surface area contributed by atoms with Crippen LogP contribution in [0.5, 0.6) is 11.5 Å². The van der Waals surface area contributed by atoms with Crippen molar-refractivity contribution in [1.29, 1.82) is 5.41 Å². The lowest BCUT2D eigenvalue weighted by molar-refractivity contribution is 0.436. The van der Waals surface area contributed by atoms with Crippen molar-refractivity contribution >= 4 is 5.71 Å². The van der Waals surface area contributed by atoms with Crippen LogP contribution >= 0.6 is 0 Å². The van der Waals surface area contributed by atoms with Crippen LogP contribution in [0, 0.1) is 5.41 Å². The lowest BCUT2D eigenvalue weighted by Crippen LogP contribution is -2.32. The summed E-state index contributed by atoms with van der Waals surface area (Å²) < 4.78 is 6.67. The molecule has 238 valence electrons. The highest BCUT2D eigenvalue weighted by Gasteiger charge is 2.51. The Labute approximate surface area is 292 Å². The molecule has 7 aromatic carbocycles. The second kappa shape index (κ2) is 12.0. The summed E-state index contributed by atoms with van der Waals surface area (Å²) in [5, 5.41) is 8.48. The van der Waals surface area contributed by atoms with Crippen molar-refractivity contribution in [2.45, 2.75) is 11.5 Å². The van der Waals surface area contributed by atoms with Crippen LogP contribution in [0.2, 0.25) is 0 Å². The van der Waals surface area contributed by atoms with Crippen LogP contribution in [0.3, 0.4) is 0 Å². The van der Waals surface area contributed by atoms with Gasteiger partial charge in [0.15, 0.2) is 0 Å². The standard InChI is InChI=1S/C47H34N2O/c48-43(31-13-2-1-3-14-31)26-27-44(49)34-16-12-15-32(29-34)35-17-4-5-18-36(35)33-25-28-46-42(30-33)47(41-23-10-11-24-45(41)50-46)39-21-8-6-19-37(39)38-20-7-9-22-40(38)47/h1-30,44,48H,49H2/b27-26-,48-43?. The maximum absolute atomic E-state index is 8.48. The van der Waals surface area contributed by atoms with Crippen LogP contribution < -0.4 is 10.5 Å². The minimum Gasteiger partial charge on any atom is -0.457 e. The maximum atomic E-state index is 8.48. The van der Waals surface area contributed by atoms with Crippen LogP contribution in [0.15, 0.2) is 182 Å². The average Bonchev–Trinajstić information content (AvgIpc) is 3.48. The lowest BCUT2D eigenvalue weighted by atomic mass is 9.65. The van der Waals surface area contributed by atoms with Gasteiger partial charge in [0.1, 0.15) is 11.5 Å². The SMILES string of the molecule is N=C(/C=C\C(N)c1cccc(-c2ccccc2-c2ccc3c(c2)C2(c4ccccc4O3)c3ccccc3-c3ccccc32)c1)c1ccccc1. The van der Waals surface area contributed by atoms with Crippen LogP contribution in [0.4, 0.5) is 0 Å². The molecule has 3 nitrogen and oxygen atoms in total. The smallest absolute Gasteiger partial charge is 0.132 e. The summed E-state index contributed by atoms with van der Waals surface area (Å²) in [6.45, 7) is 0. The van der Waals surface area contributed by atoms with Crippen molar-refractivity contribution in [1.82, 2.24) is 0 Å². The Balaban J connectivity index is 1.16. The largest absolute Gasteiger partial charge is 0.457 e. The third-order valence-electron chi connectivity index (χ3n) is 10.2. The van der Waals surface area contributed by atoms with Crippen LogP contribution in [-0.2, 0) is 5.41 Å². The number of ether oxygens (including phenoxy) is 1. The van der Waals surface area contributed by atoms with Gasteiger partial charge in [-0.05, 0) is 86.0 Å². The zero-order chi connectivity index (χ0) is 33.7. The van der Waals surface area contributed by atoms with E-state index in [9.17, 15) is 0 Å². The van der Waals surface area contributed by atoms with Crippen molar-refractivity contribution in [3.8, 4) is 44.9 Å². The van der Waals surface area contributed by atoms with Crippen LogP contribution in [-0.4, -0.2) is 5.71 Å². The van der Waals surface area contributed by atoms with E-state index >= 15 is 0 Å². The van der Waals surface area contributed by atoms with Crippen molar-refractivity contribution in [2.75, 3.05) is 0 Å². The molecule has 9 rings (SSSR count). The highest BCUT2D eigenvalue weighted by molar-refractivity contribution is 6.06. The molecule has 3 N–H and O–H groups in total. The minimum atomic E-state index is -0.519. The number of nitrogens with one attached hydrogen (secondary N) is 1. The first-order valence-corrected chi connectivity index (χ1v) is 17.0. The van der Waals surface area contributed by atoms with E-state index in [1.54, 1.807) is 6.08 Å². The van der Waals surface area contributed by atoms with Crippen molar-refractivity contribution in [3.05, 3.63) is 215 Å². The second-order valence-corrected chi connectivity index (χ2v) is 13.0. The first-order valence-electron chi connectivity index (χ1n) is 17.0. The third-order valence-corrected chi connectivity index (χ3v) is 10.2. The topological polar surface area (TPSA) is 59.1 Å². The molecule has 1 heterocycles. The summed E-state index contributed by atoms with van der Waals surface area (Å²) in [6, 6.07) is 59.2. The van der Waals surface area contributed by atoms with Crippen LogP contribution in [0.1, 0.15) is 39.4 Å². The summed E-state index contributed by atoms with van der Waals surface area (Å²) in [5.41, 5.74) is 20.3. The Morgan fingerprint density at radius 3 is 1.78 bits per heavy atom. The molecular formula is C47H34N2O. The number of rotatable bonds is 6. The fourth-order valence-corrected chi connectivity index (χ4v) is 7.95. The van der Waals surface area contributed by atoms with E-state index < -0.39 is 5.41 Å². The van der Waals surface area contributed by atoms with E-state index in [0.717, 1.165) is 56.0 Å². The van der Waals surface area contributed by atoms with Gasteiger partial charge >= 0.3 is 0 Å². The predicted molar refractivity (Wildman–Crippen MR) is 204 cm³/mol.